The third-order valence-corrected chi connectivity index (χ3v) is 0. The molecule has 0 radical (unpaired) electrons. The molecule has 0 aliphatic rings. The van der Waals surface area contributed by atoms with E-state index >= 15 is 0 Å². The van der Waals surface area contributed by atoms with Crippen LogP contribution in [0, 0.1) is 11.8 Å². The molecular formula is C12H36. The minimum Gasteiger partial charge on any atom is -0.0776 e. The van der Waals surface area contributed by atoms with Crippen LogP contribution in [0.15, 0.2) is 0 Å². The summed E-state index contributed by atoms with van der Waals surface area (Å²) in [4.78, 5) is 0. The smallest absolute Gasteiger partial charge is 0.0500 e. The zero-order valence-corrected chi connectivity index (χ0v) is 7.15. The van der Waals surface area contributed by atoms with Crippen molar-refractivity contribution in [3.8, 4) is 0 Å². The molecule has 12 heavy (non-hydrogen) atoms. The maximum Gasteiger partial charge on any atom is -0.0500 e. The molecule has 0 atom stereocenters. The van der Waals surface area contributed by atoms with Crippen LogP contribution < -0.4 is 0 Å². The maximum absolute atomic E-state index is 2.17. The Morgan fingerprint density at radius 3 is 0.417 bits per heavy atom. The summed E-state index contributed by atoms with van der Waals surface area (Å²) in [5.41, 5.74) is 0. The lowest BCUT2D eigenvalue weighted by Crippen LogP contribution is -1.66. The van der Waals surface area contributed by atoms with E-state index in [1.807, 2.05) is 0 Å². The third-order valence-electron chi connectivity index (χ3n) is 0. The molecule has 0 unspecified atom stereocenters. The Labute approximate surface area is 83.8 Å². The van der Waals surface area contributed by atoms with Gasteiger partial charge in [-0.2, -0.15) is 0 Å². The molecule has 0 aromatic carbocycles. The Morgan fingerprint density at radius 2 is 0.417 bits per heavy atom. The highest BCUT2D eigenvalue weighted by Crippen LogP contribution is 1.81. The van der Waals surface area contributed by atoms with Crippen molar-refractivity contribution < 1.29 is 0 Å². The van der Waals surface area contributed by atoms with Crippen molar-refractivity contribution in [2.45, 2.75) is 71.2 Å². The van der Waals surface area contributed by atoms with Gasteiger partial charge in [-0.15, -0.1) is 0 Å². The van der Waals surface area contributed by atoms with E-state index in [0.717, 1.165) is 11.8 Å². The molecule has 0 heterocycles. The summed E-state index contributed by atoms with van der Waals surface area (Å²) < 4.78 is 0. The Hall–Kier alpha value is 0. The maximum atomic E-state index is 2.17. The monoisotopic (exact) mass is 180 g/mol. The lowest BCUT2D eigenvalue weighted by atomic mass is 10.3. The fraction of sp³-hybridized carbons (Fsp3) is 1.00. The largest absolute Gasteiger partial charge is 0.0776 e. The summed E-state index contributed by atoms with van der Waals surface area (Å²) in [6, 6.07) is 0. The van der Waals surface area contributed by atoms with Crippen LogP contribution in [0.25, 0.3) is 0 Å². The summed E-state index contributed by atoms with van der Waals surface area (Å²) in [5, 5.41) is 0. The third kappa shape index (κ3) is 0. The zero-order valence-electron chi connectivity index (χ0n) is 7.15. The van der Waals surface area contributed by atoms with Crippen molar-refractivity contribution in [3.63, 3.8) is 0 Å². The van der Waals surface area contributed by atoms with Gasteiger partial charge >= 0.3 is 0 Å². The Kier molecular flexibility index (Phi) is 103. The van der Waals surface area contributed by atoms with Crippen LogP contribution in [0.4, 0.5) is 0 Å². The van der Waals surface area contributed by atoms with E-state index < -0.39 is 0 Å². The van der Waals surface area contributed by atoms with E-state index in [1.165, 1.54) is 0 Å². The van der Waals surface area contributed by atoms with E-state index in [4.69, 9.17) is 0 Å². The van der Waals surface area contributed by atoms with Crippen molar-refractivity contribution in [3.05, 3.63) is 0 Å². The molecule has 0 aliphatic carbocycles. The van der Waals surface area contributed by atoms with Gasteiger partial charge in [0.2, 0.25) is 0 Å². The molecular weight excluding hydrogens is 144 g/mol. The minimum atomic E-state index is 0. The van der Waals surface area contributed by atoms with Gasteiger partial charge in [0.25, 0.3) is 0 Å². The van der Waals surface area contributed by atoms with Gasteiger partial charge in [-0.05, 0) is 11.8 Å². The van der Waals surface area contributed by atoms with Crippen molar-refractivity contribution in [1.82, 2.24) is 0 Å². The van der Waals surface area contributed by atoms with Crippen molar-refractivity contribution >= 4 is 0 Å². The van der Waals surface area contributed by atoms with Crippen LogP contribution in [0.3, 0.4) is 0 Å². The Bertz CT molecular complexity index is 15.5. The molecule has 0 bridgehead atoms. The Balaban J connectivity index is -0.0000000112. The molecule has 0 rings (SSSR count). The van der Waals surface area contributed by atoms with Crippen LogP contribution in [0.2, 0.25) is 0 Å². The molecule has 0 N–H and O–H groups in total. The first-order valence-corrected chi connectivity index (χ1v) is 3.46. The molecule has 0 aromatic rings. The fourth-order valence-corrected chi connectivity index (χ4v) is 0. The topological polar surface area (TPSA) is 0 Å². The highest BCUT2D eigenvalue weighted by Gasteiger charge is 1.68. The van der Waals surface area contributed by atoms with Gasteiger partial charge in [0.1, 0.15) is 0 Å². The van der Waals surface area contributed by atoms with E-state index in [-0.39, 0.29) is 29.7 Å². The molecule has 0 spiro atoms. The SMILES string of the molecule is C.C.C.C.CC(C)C.CC(C)C. The van der Waals surface area contributed by atoms with Gasteiger partial charge in [-0.3, -0.25) is 0 Å². The molecule has 0 nitrogen and oxygen atoms in total. The fourth-order valence-electron chi connectivity index (χ4n) is 0. The van der Waals surface area contributed by atoms with E-state index in [9.17, 15) is 0 Å². The second-order valence-corrected chi connectivity index (χ2v) is 3.46. The normalized spacial score (nSPS) is 6.00. The molecule has 84 valence electrons. The summed E-state index contributed by atoms with van der Waals surface area (Å²) in [7, 11) is 0. The van der Waals surface area contributed by atoms with Crippen LogP contribution in [0.5, 0.6) is 0 Å². The van der Waals surface area contributed by atoms with Crippen molar-refractivity contribution in [2.75, 3.05) is 0 Å². The molecule has 0 aromatic heterocycles. The second kappa shape index (κ2) is 30.6. The van der Waals surface area contributed by atoms with Gasteiger partial charge < -0.3 is 0 Å². The molecule has 0 fully saturated rings. The van der Waals surface area contributed by atoms with E-state index in [2.05, 4.69) is 41.5 Å². The number of rotatable bonds is 0. The standard InChI is InChI=1S/2C4H10.4CH4/c2*1-4(2)3;;;;/h2*4H,1-3H3;4*1H4. The highest BCUT2D eigenvalue weighted by molar-refractivity contribution is 4.21. The first-order chi connectivity index (χ1) is 3.46. The second-order valence-electron chi connectivity index (χ2n) is 3.46. The van der Waals surface area contributed by atoms with Gasteiger partial charge in [0, 0.05) is 0 Å². The average Bonchev–Trinajstić information content (AvgIpc) is 1.25. The average molecular weight is 180 g/mol. The van der Waals surface area contributed by atoms with Crippen molar-refractivity contribution in [2.24, 2.45) is 11.8 Å². The van der Waals surface area contributed by atoms with Crippen molar-refractivity contribution in [1.29, 1.82) is 0 Å². The molecule has 0 heteroatoms. The summed E-state index contributed by atoms with van der Waals surface area (Å²) >= 11 is 0. The van der Waals surface area contributed by atoms with Gasteiger partial charge in [-0.1, -0.05) is 71.2 Å². The van der Waals surface area contributed by atoms with Gasteiger partial charge in [0.15, 0.2) is 0 Å². The summed E-state index contributed by atoms with van der Waals surface area (Å²) in [6.45, 7) is 13.0. The molecule has 0 saturated heterocycles. The van der Waals surface area contributed by atoms with Gasteiger partial charge in [-0.25, -0.2) is 0 Å². The van der Waals surface area contributed by atoms with E-state index in [1.54, 1.807) is 0 Å². The summed E-state index contributed by atoms with van der Waals surface area (Å²) in [6.07, 6.45) is 0. The van der Waals surface area contributed by atoms with Crippen LogP contribution >= 0.6 is 0 Å². The highest BCUT2D eigenvalue weighted by atomic mass is 13.7. The van der Waals surface area contributed by atoms with Crippen LogP contribution in [0.1, 0.15) is 71.2 Å². The van der Waals surface area contributed by atoms with Crippen LogP contribution in [-0.2, 0) is 0 Å². The molecule has 0 amide bonds. The molecule has 0 saturated carbocycles. The lowest BCUT2D eigenvalue weighted by Gasteiger charge is -1.79. The zero-order chi connectivity index (χ0) is 7.15. The quantitative estimate of drug-likeness (QED) is 0.437. The first-order valence-electron chi connectivity index (χ1n) is 3.46. The van der Waals surface area contributed by atoms with E-state index in [0.29, 0.717) is 0 Å². The predicted molar refractivity (Wildman–Crippen MR) is 67.9 cm³/mol. The van der Waals surface area contributed by atoms with Gasteiger partial charge in [0.05, 0.1) is 0 Å². The minimum absolute atomic E-state index is 0. The summed E-state index contributed by atoms with van der Waals surface area (Å²) in [5.74, 6) is 1.67. The molecule has 0 aliphatic heterocycles. The van der Waals surface area contributed by atoms with Crippen LogP contribution in [-0.4, -0.2) is 0 Å². The number of hydrogen-bond donors (Lipinski definition) is 0. The predicted octanol–water partition coefficient (Wildman–Crippen LogP) is 5.87. The first kappa shape index (κ1) is 40.3. The lowest BCUT2D eigenvalue weighted by molar-refractivity contribution is 0.736. The Morgan fingerprint density at radius 1 is 0.417 bits per heavy atom. The number of hydrogen-bond acceptors (Lipinski definition) is 0.